The highest BCUT2D eigenvalue weighted by atomic mass is 32.1. The highest BCUT2D eigenvalue weighted by Crippen LogP contribution is 2.32. The zero-order valence-electron chi connectivity index (χ0n) is 16.6. The van der Waals surface area contributed by atoms with Crippen LogP contribution in [-0.4, -0.2) is 27.8 Å². The third-order valence-corrected chi connectivity index (χ3v) is 6.16. The maximum atomic E-state index is 14.0. The lowest BCUT2D eigenvalue weighted by Gasteiger charge is -2.36. The average molecular weight is 424 g/mol. The molecule has 1 aliphatic rings. The second-order valence-corrected chi connectivity index (χ2v) is 8.16. The number of nitrogens with zero attached hydrogens (tertiary/aromatic N) is 3. The van der Waals surface area contributed by atoms with Crippen molar-refractivity contribution in [3.8, 4) is 0 Å². The van der Waals surface area contributed by atoms with Crippen molar-refractivity contribution in [2.75, 3.05) is 6.54 Å². The number of carbonyl (C=O) groups excluding carboxylic acids is 2. The van der Waals surface area contributed by atoms with Crippen molar-refractivity contribution in [1.29, 1.82) is 0 Å². The third-order valence-electron chi connectivity index (χ3n) is 5.36. The van der Waals surface area contributed by atoms with Gasteiger partial charge in [0, 0.05) is 30.6 Å². The molecule has 154 valence electrons. The van der Waals surface area contributed by atoms with Crippen molar-refractivity contribution in [3.05, 3.63) is 87.4 Å². The van der Waals surface area contributed by atoms with Gasteiger partial charge in [-0.3, -0.25) is 9.59 Å². The van der Waals surface area contributed by atoms with Crippen molar-refractivity contribution in [3.63, 3.8) is 0 Å². The van der Waals surface area contributed by atoms with Crippen molar-refractivity contribution in [2.24, 2.45) is 4.99 Å². The summed E-state index contributed by atoms with van der Waals surface area (Å²) < 4.78 is 15.8. The van der Waals surface area contributed by atoms with E-state index in [2.05, 4.69) is 4.99 Å². The maximum Gasteiger partial charge on any atom is 0.250 e. The second-order valence-electron chi connectivity index (χ2n) is 7.29. The van der Waals surface area contributed by atoms with Crippen LogP contribution in [0.25, 0.3) is 0 Å². The van der Waals surface area contributed by atoms with Gasteiger partial charge in [0.05, 0.1) is 19.0 Å². The zero-order chi connectivity index (χ0) is 21.1. The largest absolute Gasteiger partial charge is 0.335 e. The fourth-order valence-electron chi connectivity index (χ4n) is 3.88. The van der Waals surface area contributed by atoms with Crippen LogP contribution in [0.5, 0.6) is 0 Å². The van der Waals surface area contributed by atoms with Crippen LogP contribution in [0, 0.1) is 5.82 Å². The molecule has 30 heavy (non-hydrogen) atoms. The van der Waals surface area contributed by atoms with Crippen LogP contribution in [0.2, 0.25) is 0 Å². The number of rotatable bonds is 4. The molecule has 0 aliphatic carbocycles. The first-order valence-corrected chi connectivity index (χ1v) is 10.7. The molecule has 1 unspecified atom stereocenters. The summed E-state index contributed by atoms with van der Waals surface area (Å²) in [5.74, 6) is -0.634. The molecule has 0 spiro atoms. The molecule has 1 atom stereocenters. The first-order chi connectivity index (χ1) is 14.5. The number of halogens is 1. The van der Waals surface area contributed by atoms with E-state index in [4.69, 9.17) is 0 Å². The lowest BCUT2D eigenvalue weighted by atomic mass is 9.90. The van der Waals surface area contributed by atoms with E-state index in [1.165, 1.54) is 29.9 Å². The van der Waals surface area contributed by atoms with Crippen molar-refractivity contribution >= 4 is 23.2 Å². The van der Waals surface area contributed by atoms with E-state index < -0.39 is 0 Å². The first kappa shape index (κ1) is 20.2. The van der Waals surface area contributed by atoms with Crippen LogP contribution in [-0.2, 0) is 22.6 Å². The van der Waals surface area contributed by atoms with Gasteiger partial charge in [-0.1, -0.05) is 42.5 Å². The summed E-state index contributed by atoms with van der Waals surface area (Å²) in [4.78, 5) is 31.5. The quantitative estimate of drug-likeness (QED) is 0.643. The van der Waals surface area contributed by atoms with Gasteiger partial charge in [-0.25, -0.2) is 4.39 Å². The van der Waals surface area contributed by atoms with E-state index in [1.807, 2.05) is 29.6 Å². The molecule has 4 rings (SSSR count). The van der Waals surface area contributed by atoms with Crippen molar-refractivity contribution < 1.29 is 14.0 Å². The number of hydrogen-bond acceptors (Lipinski definition) is 3. The van der Waals surface area contributed by atoms with Crippen LogP contribution in [0.15, 0.2) is 65.1 Å². The lowest BCUT2D eigenvalue weighted by molar-refractivity contribution is -0.132. The number of thiazole rings is 1. The maximum absolute atomic E-state index is 14.0. The standard InChI is InChI=1S/C23H22FN3O2S/c1-16(28)27-11-10-17-6-2-4-8-19(17)21(27)14-22(29)25-23-26(12-13-30-23)15-18-7-3-5-9-20(18)24/h2-9,12-13,21H,10-11,14-15H2,1H3. The van der Waals surface area contributed by atoms with Gasteiger partial charge in [-0.2, -0.15) is 4.99 Å². The summed E-state index contributed by atoms with van der Waals surface area (Å²) in [6.45, 7) is 2.43. The number of aromatic nitrogens is 1. The Kier molecular flexibility index (Phi) is 5.90. The summed E-state index contributed by atoms with van der Waals surface area (Å²) in [6.07, 6.45) is 2.69. The van der Waals surface area contributed by atoms with E-state index in [0.717, 1.165) is 12.0 Å². The van der Waals surface area contributed by atoms with Crippen LogP contribution in [0.4, 0.5) is 4.39 Å². The minimum Gasteiger partial charge on any atom is -0.335 e. The highest BCUT2D eigenvalue weighted by Gasteiger charge is 2.30. The first-order valence-electron chi connectivity index (χ1n) is 9.83. The molecule has 0 N–H and O–H groups in total. The van der Waals surface area contributed by atoms with Gasteiger partial charge < -0.3 is 9.47 Å². The predicted molar refractivity (Wildman–Crippen MR) is 113 cm³/mol. The number of benzene rings is 2. The molecule has 1 aliphatic heterocycles. The van der Waals surface area contributed by atoms with Gasteiger partial charge in [-0.05, 0) is 23.6 Å². The Labute approximate surface area is 178 Å². The fourth-order valence-corrected chi connectivity index (χ4v) is 4.63. The Morgan fingerprint density at radius 1 is 1.17 bits per heavy atom. The molecule has 1 aromatic heterocycles. The summed E-state index contributed by atoms with van der Waals surface area (Å²) in [7, 11) is 0. The molecule has 0 saturated carbocycles. The summed E-state index contributed by atoms with van der Waals surface area (Å²) in [5.41, 5.74) is 2.71. The number of amides is 2. The van der Waals surface area contributed by atoms with E-state index in [0.29, 0.717) is 23.5 Å². The predicted octanol–water partition coefficient (Wildman–Crippen LogP) is 3.70. The summed E-state index contributed by atoms with van der Waals surface area (Å²) in [5, 5.41) is 1.82. The van der Waals surface area contributed by atoms with E-state index in [-0.39, 0.29) is 30.1 Å². The lowest BCUT2D eigenvalue weighted by Crippen LogP contribution is -2.39. The average Bonchev–Trinajstić information content (AvgIpc) is 3.16. The number of carbonyl (C=O) groups is 2. The van der Waals surface area contributed by atoms with Crippen molar-refractivity contribution in [2.45, 2.75) is 32.4 Å². The van der Waals surface area contributed by atoms with E-state index in [9.17, 15) is 14.0 Å². The topological polar surface area (TPSA) is 54.7 Å². The smallest absolute Gasteiger partial charge is 0.250 e. The Morgan fingerprint density at radius 3 is 2.73 bits per heavy atom. The van der Waals surface area contributed by atoms with Crippen LogP contribution >= 0.6 is 11.3 Å². The van der Waals surface area contributed by atoms with Gasteiger partial charge in [0.2, 0.25) is 5.91 Å². The second kappa shape index (κ2) is 8.75. The van der Waals surface area contributed by atoms with Gasteiger partial charge in [0.1, 0.15) is 5.82 Å². The summed E-state index contributed by atoms with van der Waals surface area (Å²) in [6, 6.07) is 14.2. The minimum atomic E-state index is -0.316. The normalized spacial score (nSPS) is 16.4. The minimum absolute atomic E-state index is 0.0481. The molecule has 3 aromatic rings. The van der Waals surface area contributed by atoms with Crippen LogP contribution in [0.3, 0.4) is 0 Å². The zero-order valence-corrected chi connectivity index (χ0v) is 17.4. The Bertz CT molecular complexity index is 1150. The molecule has 5 nitrogen and oxygen atoms in total. The molecular weight excluding hydrogens is 401 g/mol. The Balaban J connectivity index is 1.59. The Morgan fingerprint density at radius 2 is 1.93 bits per heavy atom. The van der Waals surface area contributed by atoms with Crippen LogP contribution < -0.4 is 4.80 Å². The molecule has 0 bridgehead atoms. The third kappa shape index (κ3) is 4.26. The van der Waals surface area contributed by atoms with Crippen molar-refractivity contribution in [1.82, 2.24) is 9.47 Å². The molecule has 2 heterocycles. The monoisotopic (exact) mass is 423 g/mol. The number of hydrogen-bond donors (Lipinski definition) is 0. The van der Waals surface area contributed by atoms with Gasteiger partial charge in [0.15, 0.2) is 4.80 Å². The molecule has 7 heteroatoms. The molecule has 0 fully saturated rings. The molecule has 2 aromatic carbocycles. The SMILES string of the molecule is CC(=O)N1CCc2ccccc2C1CC(=O)N=c1sccn1Cc1ccccc1F. The van der Waals surface area contributed by atoms with E-state index in [1.54, 1.807) is 33.9 Å². The summed E-state index contributed by atoms with van der Waals surface area (Å²) >= 11 is 1.33. The molecular formula is C23H22FN3O2S. The molecule has 0 saturated heterocycles. The fraction of sp³-hybridized carbons (Fsp3) is 0.261. The molecule has 2 amide bonds. The molecule has 0 radical (unpaired) electrons. The van der Waals surface area contributed by atoms with Gasteiger partial charge in [0.25, 0.3) is 5.91 Å². The van der Waals surface area contributed by atoms with E-state index >= 15 is 0 Å². The van der Waals surface area contributed by atoms with Gasteiger partial charge >= 0.3 is 0 Å². The Hall–Kier alpha value is -3.06. The van der Waals surface area contributed by atoms with Gasteiger partial charge in [-0.15, -0.1) is 11.3 Å². The number of fused-ring (bicyclic) bond motifs is 1. The van der Waals surface area contributed by atoms with Crippen LogP contribution in [0.1, 0.15) is 36.1 Å². The highest BCUT2D eigenvalue weighted by molar-refractivity contribution is 7.07.